The third kappa shape index (κ3) is 2.74. The summed E-state index contributed by atoms with van der Waals surface area (Å²) in [5.41, 5.74) is 3.07. The van der Waals surface area contributed by atoms with Crippen molar-refractivity contribution in [1.82, 2.24) is 25.0 Å². The second-order valence-corrected chi connectivity index (χ2v) is 6.71. The van der Waals surface area contributed by atoms with Crippen molar-refractivity contribution in [2.24, 2.45) is 13.0 Å². The fourth-order valence-electron chi connectivity index (χ4n) is 3.77. The molecule has 1 saturated carbocycles. The number of hydrogen-bond acceptors (Lipinski definition) is 6. The van der Waals surface area contributed by atoms with Crippen LogP contribution in [0.3, 0.4) is 0 Å². The van der Waals surface area contributed by atoms with Crippen LogP contribution in [-0.2, 0) is 13.5 Å². The molecule has 0 radical (unpaired) electrons. The molecule has 3 heterocycles. The van der Waals surface area contributed by atoms with Crippen molar-refractivity contribution in [2.75, 3.05) is 5.32 Å². The van der Waals surface area contributed by atoms with Crippen LogP contribution in [0.25, 0.3) is 11.0 Å². The van der Waals surface area contributed by atoms with Crippen LogP contribution in [0.5, 0.6) is 0 Å². The first-order chi connectivity index (χ1) is 11.6. The molecule has 1 N–H and O–H groups in total. The summed E-state index contributed by atoms with van der Waals surface area (Å²) in [6.07, 6.45) is 6.17. The second kappa shape index (κ2) is 5.89. The number of aryl methyl sites for hydroxylation is 3. The van der Waals surface area contributed by atoms with Gasteiger partial charge in [-0.1, -0.05) is 0 Å². The summed E-state index contributed by atoms with van der Waals surface area (Å²) >= 11 is 0. The van der Waals surface area contributed by atoms with E-state index in [1.807, 2.05) is 37.8 Å². The van der Waals surface area contributed by atoms with E-state index in [1.165, 1.54) is 6.42 Å². The van der Waals surface area contributed by atoms with Gasteiger partial charge in [0.15, 0.2) is 5.65 Å². The Kier molecular flexibility index (Phi) is 3.70. The van der Waals surface area contributed by atoms with Crippen molar-refractivity contribution in [1.29, 1.82) is 0 Å². The lowest BCUT2D eigenvalue weighted by molar-refractivity contribution is 0.416. The van der Waals surface area contributed by atoms with E-state index in [2.05, 4.69) is 25.6 Å². The lowest BCUT2D eigenvalue weighted by Crippen LogP contribution is -2.16. The number of anilines is 1. The van der Waals surface area contributed by atoms with Crippen LogP contribution >= 0.6 is 0 Å². The predicted octanol–water partition coefficient (Wildman–Crippen LogP) is 2.79. The Hall–Kier alpha value is -2.44. The average Bonchev–Trinajstić information content (AvgIpc) is 3.22. The molecular formula is C17H22N6O. The third-order valence-corrected chi connectivity index (χ3v) is 4.83. The van der Waals surface area contributed by atoms with Crippen LogP contribution in [0, 0.1) is 19.8 Å². The first kappa shape index (κ1) is 15.1. The number of hydrogen-bond donors (Lipinski definition) is 1. The van der Waals surface area contributed by atoms with Gasteiger partial charge in [-0.2, -0.15) is 5.10 Å². The highest BCUT2D eigenvalue weighted by atomic mass is 16.4. The maximum absolute atomic E-state index is 5.51. The summed E-state index contributed by atoms with van der Waals surface area (Å²) in [5, 5.41) is 17.3. The van der Waals surface area contributed by atoms with Crippen LogP contribution < -0.4 is 5.32 Å². The molecule has 1 aliphatic rings. The van der Waals surface area contributed by atoms with Crippen LogP contribution in [0.1, 0.15) is 36.7 Å². The molecule has 0 aromatic carbocycles. The van der Waals surface area contributed by atoms with E-state index in [0.29, 0.717) is 17.9 Å². The maximum Gasteiger partial charge on any atom is 0.216 e. The van der Waals surface area contributed by atoms with Crippen molar-refractivity contribution >= 4 is 16.7 Å². The summed E-state index contributed by atoms with van der Waals surface area (Å²) in [7, 11) is 1.93. The highest BCUT2D eigenvalue weighted by molar-refractivity contribution is 5.91. The van der Waals surface area contributed by atoms with Gasteiger partial charge in [0.25, 0.3) is 0 Å². The molecule has 3 aromatic rings. The normalized spacial score (nSPS) is 20.8. The molecule has 1 fully saturated rings. The smallest absolute Gasteiger partial charge is 0.216 e. The van der Waals surface area contributed by atoms with Gasteiger partial charge in [0.05, 0.1) is 11.1 Å². The average molecular weight is 326 g/mol. The minimum absolute atomic E-state index is 0.462. The summed E-state index contributed by atoms with van der Waals surface area (Å²) in [5.74, 6) is 1.99. The van der Waals surface area contributed by atoms with Crippen molar-refractivity contribution in [3.8, 4) is 0 Å². The highest BCUT2D eigenvalue weighted by Crippen LogP contribution is 2.32. The number of pyridine rings is 1. The lowest BCUT2D eigenvalue weighted by Gasteiger charge is -2.15. The minimum atomic E-state index is 0.462. The summed E-state index contributed by atoms with van der Waals surface area (Å²) in [6, 6.07) is 2.51. The fraction of sp³-hybridized carbons (Fsp3) is 0.529. The Morgan fingerprint density at radius 2 is 2.17 bits per heavy atom. The largest absolute Gasteiger partial charge is 0.426 e. The van der Waals surface area contributed by atoms with Crippen molar-refractivity contribution in [3.63, 3.8) is 0 Å². The second-order valence-electron chi connectivity index (χ2n) is 6.71. The fourth-order valence-corrected chi connectivity index (χ4v) is 3.77. The quantitative estimate of drug-likeness (QED) is 0.794. The highest BCUT2D eigenvalue weighted by Gasteiger charge is 2.27. The van der Waals surface area contributed by atoms with Gasteiger partial charge in [-0.05, 0) is 38.2 Å². The molecule has 0 amide bonds. The SMILES string of the molecule is Cc1nnc(C[C@@H]2CC[C@H](Nc3ccnc4c3c(C)nn4C)C2)o1. The first-order valence-electron chi connectivity index (χ1n) is 8.44. The zero-order valence-electron chi connectivity index (χ0n) is 14.3. The molecule has 7 heteroatoms. The molecule has 4 rings (SSSR count). The molecule has 126 valence electrons. The van der Waals surface area contributed by atoms with Crippen molar-refractivity contribution in [3.05, 3.63) is 29.7 Å². The Balaban J connectivity index is 1.47. The van der Waals surface area contributed by atoms with E-state index < -0.39 is 0 Å². The van der Waals surface area contributed by atoms with Gasteiger partial charge in [0.2, 0.25) is 11.8 Å². The lowest BCUT2D eigenvalue weighted by atomic mass is 10.0. The Morgan fingerprint density at radius 1 is 1.29 bits per heavy atom. The van der Waals surface area contributed by atoms with E-state index in [1.54, 1.807) is 0 Å². The first-order valence-corrected chi connectivity index (χ1v) is 8.44. The zero-order chi connectivity index (χ0) is 16.7. The van der Waals surface area contributed by atoms with E-state index in [-0.39, 0.29) is 0 Å². The molecule has 0 saturated heterocycles. The van der Waals surface area contributed by atoms with Gasteiger partial charge in [-0.25, -0.2) is 4.98 Å². The molecule has 2 atom stereocenters. The van der Waals surface area contributed by atoms with E-state index >= 15 is 0 Å². The van der Waals surface area contributed by atoms with Crippen molar-refractivity contribution in [2.45, 2.75) is 45.6 Å². The van der Waals surface area contributed by atoms with Gasteiger partial charge < -0.3 is 9.73 Å². The monoisotopic (exact) mass is 326 g/mol. The maximum atomic E-state index is 5.51. The van der Waals surface area contributed by atoms with Crippen molar-refractivity contribution < 1.29 is 4.42 Å². The van der Waals surface area contributed by atoms with Gasteiger partial charge in [-0.15, -0.1) is 10.2 Å². The molecule has 3 aromatic heterocycles. The Labute approximate surface area is 140 Å². The van der Waals surface area contributed by atoms with Gasteiger partial charge in [0, 0.05) is 38.3 Å². The molecule has 24 heavy (non-hydrogen) atoms. The molecule has 0 spiro atoms. The molecule has 0 unspecified atom stereocenters. The van der Waals surface area contributed by atoms with E-state index in [0.717, 1.165) is 47.6 Å². The number of nitrogens with one attached hydrogen (secondary N) is 1. The molecule has 0 bridgehead atoms. The van der Waals surface area contributed by atoms with Crippen LogP contribution in [0.15, 0.2) is 16.7 Å². The molecule has 7 nitrogen and oxygen atoms in total. The summed E-state index contributed by atoms with van der Waals surface area (Å²) < 4.78 is 7.35. The summed E-state index contributed by atoms with van der Waals surface area (Å²) in [4.78, 5) is 4.44. The number of rotatable bonds is 4. The molecule has 0 aliphatic heterocycles. The van der Waals surface area contributed by atoms with Gasteiger partial charge in [0.1, 0.15) is 0 Å². The number of nitrogens with zero attached hydrogens (tertiary/aromatic N) is 5. The number of aromatic nitrogens is 5. The molecular weight excluding hydrogens is 304 g/mol. The summed E-state index contributed by atoms with van der Waals surface area (Å²) in [6.45, 7) is 3.87. The minimum Gasteiger partial charge on any atom is -0.426 e. The Bertz CT molecular complexity index is 867. The topological polar surface area (TPSA) is 81.7 Å². The standard InChI is InChI=1S/C17H22N6O/c1-10-16-14(6-7-18-17(16)23(3)22-10)19-13-5-4-12(8-13)9-15-21-20-11(2)24-15/h6-7,12-13H,4-5,8-9H2,1-3H3,(H,18,19)/t12-,13+/m1/s1. The van der Waals surface area contributed by atoms with Crippen LogP contribution in [-0.4, -0.2) is 31.0 Å². The third-order valence-electron chi connectivity index (χ3n) is 4.83. The van der Waals surface area contributed by atoms with E-state index in [9.17, 15) is 0 Å². The van der Waals surface area contributed by atoms with Gasteiger partial charge >= 0.3 is 0 Å². The van der Waals surface area contributed by atoms with Gasteiger partial charge in [-0.3, -0.25) is 4.68 Å². The van der Waals surface area contributed by atoms with E-state index in [4.69, 9.17) is 4.42 Å². The number of fused-ring (bicyclic) bond motifs is 1. The molecule has 1 aliphatic carbocycles. The predicted molar refractivity (Wildman–Crippen MR) is 90.7 cm³/mol. The Morgan fingerprint density at radius 3 is 2.96 bits per heavy atom. The zero-order valence-corrected chi connectivity index (χ0v) is 14.3. The van der Waals surface area contributed by atoms with Crippen LogP contribution in [0.2, 0.25) is 0 Å². The van der Waals surface area contributed by atoms with Crippen LogP contribution in [0.4, 0.5) is 5.69 Å².